The molecule has 4 aliphatic heterocycles. The number of Topliss-reactive ketones (excluding diaryl/α,β-unsaturated/α-hetero) is 2. The van der Waals surface area contributed by atoms with E-state index in [2.05, 4.69) is 40.2 Å². The van der Waals surface area contributed by atoms with Gasteiger partial charge < -0.3 is 10.6 Å². The van der Waals surface area contributed by atoms with E-state index in [-0.39, 0.29) is 49.1 Å². The highest BCUT2D eigenvalue weighted by molar-refractivity contribution is 6.56. The maximum atomic E-state index is 12.6. The quantitative estimate of drug-likeness (QED) is 0.108. The van der Waals surface area contributed by atoms with Gasteiger partial charge in [-0.25, -0.2) is 41.5 Å². The first kappa shape index (κ1) is 50.5. The summed E-state index contributed by atoms with van der Waals surface area (Å²) < 4.78 is 1.50. The van der Waals surface area contributed by atoms with Crippen molar-refractivity contribution in [3.8, 4) is 5.88 Å². The number of likely N-dealkylation sites (N-methyl/N-ethyl adjacent to an activating group) is 4. The maximum absolute atomic E-state index is 12.6. The molecule has 0 radical (unpaired) electrons. The molecule has 0 unspecified atom stereocenters. The summed E-state index contributed by atoms with van der Waals surface area (Å²) in [6.45, 7) is 4.64. The van der Waals surface area contributed by atoms with Crippen LogP contribution in [-0.2, 0) is 26.2 Å². The van der Waals surface area contributed by atoms with Crippen LogP contribution in [0.2, 0.25) is 0 Å². The van der Waals surface area contributed by atoms with Crippen molar-refractivity contribution in [3.63, 3.8) is 0 Å². The Labute approximate surface area is 382 Å². The first-order chi connectivity index (χ1) is 31.4. The molecule has 346 valence electrons. The monoisotopic (exact) mass is 914 g/mol. The molecule has 0 aromatic carbocycles. The molecule has 0 aliphatic carbocycles. The zero-order valence-corrected chi connectivity index (χ0v) is 35.8. The zero-order valence-electron chi connectivity index (χ0n) is 35.8. The molecule has 4 amide bonds. The van der Waals surface area contributed by atoms with Gasteiger partial charge in [0.2, 0.25) is 5.88 Å². The third-order valence-electron chi connectivity index (χ3n) is 10.1. The summed E-state index contributed by atoms with van der Waals surface area (Å²) in [5.41, 5.74) is 20.2. The van der Waals surface area contributed by atoms with Crippen LogP contribution in [0.25, 0.3) is 11.0 Å². The Morgan fingerprint density at radius 2 is 0.955 bits per heavy atom. The minimum absolute atomic E-state index is 0. The van der Waals surface area contributed by atoms with Crippen LogP contribution in [0, 0.1) is 16.6 Å². The molecule has 6 N–H and O–H groups in total. The number of hydrogen-bond donors (Lipinski definition) is 4. The van der Waals surface area contributed by atoms with Gasteiger partial charge in [-0.2, -0.15) is 5.11 Å². The molecule has 24 nitrogen and oxygen atoms in total. The molecule has 0 atom stereocenters. The van der Waals surface area contributed by atoms with Crippen molar-refractivity contribution < 1.29 is 40.8 Å². The number of aromatic hydroxyl groups is 1. The Morgan fingerprint density at radius 3 is 1.48 bits per heavy atom. The van der Waals surface area contributed by atoms with Crippen molar-refractivity contribution in [3.05, 3.63) is 114 Å². The van der Waals surface area contributed by atoms with E-state index in [1.165, 1.54) is 24.2 Å². The number of rotatable bonds is 4. The highest BCUT2D eigenvalue weighted by Gasteiger charge is 2.37. The van der Waals surface area contributed by atoms with E-state index in [1.54, 1.807) is 113 Å². The third-order valence-corrected chi connectivity index (χ3v) is 10.1. The van der Waals surface area contributed by atoms with Gasteiger partial charge in [0.1, 0.15) is 28.9 Å². The SMILES string of the molecule is C.CCN1C(=O)/C(=N\N=C2/C(=O)N(C)c3ncccc32)c2cccnc21.CCN1C(=O)C(=O)c2cccnc21.CN1C(=O)C(=O)c2cccnc21.Cn1c(O)c(N=N)c2cccnc21.N=N.O.[HH]. The van der Waals surface area contributed by atoms with Crippen LogP contribution in [-0.4, -0.2) is 114 Å². The van der Waals surface area contributed by atoms with Crippen LogP contribution in [0.1, 0.15) is 54.5 Å². The number of amides is 4. The van der Waals surface area contributed by atoms with Crippen molar-refractivity contribution in [2.24, 2.45) is 22.4 Å². The van der Waals surface area contributed by atoms with Crippen LogP contribution in [0.5, 0.6) is 5.88 Å². The number of carbonyl (C=O) groups is 6. The lowest BCUT2D eigenvalue weighted by Gasteiger charge is -2.11. The number of nitrogens with zero attached hydrogens (tertiary/aromatic N) is 13. The van der Waals surface area contributed by atoms with Crippen LogP contribution in [0.4, 0.5) is 29.0 Å². The second-order valence-electron chi connectivity index (χ2n) is 13.6. The van der Waals surface area contributed by atoms with Gasteiger partial charge in [-0.1, -0.05) is 7.43 Å². The fourth-order valence-corrected chi connectivity index (χ4v) is 6.90. The highest BCUT2D eigenvalue weighted by Crippen LogP contribution is 2.36. The molecule has 6 aromatic heterocycles. The van der Waals surface area contributed by atoms with Crippen molar-refractivity contribution in [1.82, 2.24) is 29.5 Å². The van der Waals surface area contributed by atoms with Gasteiger partial charge in [0.15, 0.2) is 17.1 Å². The number of nitrogens with one attached hydrogen (secondary N) is 3. The summed E-state index contributed by atoms with van der Waals surface area (Å²) in [6, 6.07) is 17.0. The van der Waals surface area contributed by atoms with Gasteiger partial charge in [0, 0.05) is 66.6 Å². The summed E-state index contributed by atoms with van der Waals surface area (Å²) in [5, 5.41) is 21.7. The molecule has 67 heavy (non-hydrogen) atoms. The number of aromatic nitrogens is 6. The van der Waals surface area contributed by atoms with Crippen LogP contribution in [0.3, 0.4) is 0 Å². The summed E-state index contributed by atoms with van der Waals surface area (Å²) in [7, 11) is 4.85. The average molecular weight is 915 g/mol. The number of aryl methyl sites for hydroxylation is 1. The lowest BCUT2D eigenvalue weighted by atomic mass is 10.2. The Kier molecular flexibility index (Phi) is 16.2. The lowest BCUT2D eigenvalue weighted by Crippen LogP contribution is -2.30. The minimum atomic E-state index is -0.510. The second-order valence-corrected chi connectivity index (χ2v) is 13.6. The zero-order chi connectivity index (χ0) is 47.1. The molecule has 0 saturated heterocycles. The number of ketones is 2. The van der Waals surface area contributed by atoms with Crippen LogP contribution in [0.15, 0.2) is 107 Å². The fraction of sp³-hybridized carbons (Fsp3) is 0.186. The van der Waals surface area contributed by atoms with E-state index < -0.39 is 23.4 Å². The Hall–Kier alpha value is -9.19. The van der Waals surface area contributed by atoms with Gasteiger partial charge in [-0.3, -0.25) is 52.9 Å². The van der Waals surface area contributed by atoms with E-state index in [0.717, 1.165) is 0 Å². The normalized spacial score (nSPS) is 14.9. The van der Waals surface area contributed by atoms with E-state index in [1.807, 2.05) is 13.8 Å². The molecule has 10 rings (SSSR count). The molecule has 4 aliphatic rings. The first-order valence-electron chi connectivity index (χ1n) is 19.4. The topological polar surface area (TPSA) is 345 Å². The maximum Gasteiger partial charge on any atom is 0.300 e. The predicted molar refractivity (Wildman–Crippen MR) is 247 cm³/mol. The molecule has 6 aromatic rings. The standard InChI is InChI=1S/C17H14N6O2.C9H8N2O2.C8H8N4O.C8H6N2O2.CH4.H2N2.H2O.H2/c1-3-23-15-11(7-5-9-19-15)13(17(23)25)21-20-12-10-6-4-8-18-14(10)22(2)16(12)24;1-2-11-8-6(4-3-5-10-8)7(12)9(11)13;1-12-7-5(3-2-4-10-7)6(11-9)8(12)13;1-10-7-5(3-2-4-9-7)6(11)8(10)12;;1-2;;/h4-9H,3H2,1-2H3;3-5H,2H2,1H3;2-4,9,13H,1H3;2-4H,1H3;1H4;1-2H;1H2;1H/b20-12-,21-13-;;;;;;;. The van der Waals surface area contributed by atoms with Gasteiger partial charge in [-0.05, 0) is 74.5 Å². The molecule has 24 heteroatoms. The molecule has 0 fully saturated rings. The number of anilines is 4. The van der Waals surface area contributed by atoms with Gasteiger partial charge in [-0.15, -0.1) is 10.2 Å². The smallest absolute Gasteiger partial charge is 0.300 e. The van der Waals surface area contributed by atoms with E-state index in [4.69, 9.17) is 16.6 Å². The van der Waals surface area contributed by atoms with Gasteiger partial charge in [0.25, 0.3) is 29.3 Å². The second kappa shape index (κ2) is 21.5. The van der Waals surface area contributed by atoms with Crippen molar-refractivity contribution in [2.75, 3.05) is 46.8 Å². The average Bonchev–Trinajstić information content (AvgIpc) is 4.02. The van der Waals surface area contributed by atoms with E-state index >= 15 is 0 Å². The Morgan fingerprint density at radius 1 is 0.567 bits per heavy atom. The third kappa shape index (κ3) is 9.12. The lowest BCUT2D eigenvalue weighted by molar-refractivity contribution is -0.114. The van der Waals surface area contributed by atoms with Crippen LogP contribution >= 0.6 is 0 Å². The summed E-state index contributed by atoms with van der Waals surface area (Å²) >= 11 is 0. The molecule has 0 spiro atoms. The number of pyridine rings is 5. The number of hydrogen-bond acceptors (Lipinski definition) is 18. The minimum Gasteiger partial charge on any atom is -0.493 e. The molecule has 10 heterocycles. The van der Waals surface area contributed by atoms with Gasteiger partial charge >= 0.3 is 5.91 Å². The van der Waals surface area contributed by atoms with E-state index in [9.17, 15) is 33.9 Å². The summed E-state index contributed by atoms with van der Waals surface area (Å²) in [5.74, 6) is -0.484. The predicted octanol–water partition coefficient (Wildman–Crippen LogP) is 4.48. The van der Waals surface area contributed by atoms with Crippen molar-refractivity contribution in [1.29, 1.82) is 16.6 Å². The van der Waals surface area contributed by atoms with Crippen molar-refractivity contribution in [2.45, 2.75) is 21.3 Å². The Balaban J connectivity index is 0.000000246. The van der Waals surface area contributed by atoms with Gasteiger partial charge in [0.05, 0.1) is 27.6 Å². The first-order valence-corrected chi connectivity index (χ1v) is 19.4. The van der Waals surface area contributed by atoms with E-state index in [0.29, 0.717) is 69.6 Å². The highest BCUT2D eigenvalue weighted by atomic mass is 16.3. The van der Waals surface area contributed by atoms with Crippen LogP contribution < -0.4 is 19.6 Å². The molecule has 0 bridgehead atoms. The Bertz CT molecular complexity index is 3000. The molecule has 0 saturated carbocycles. The number of carbonyl (C=O) groups excluding carboxylic acids is 6. The largest absolute Gasteiger partial charge is 0.493 e. The van der Waals surface area contributed by atoms with Crippen molar-refractivity contribution >= 4 is 86.6 Å². The summed E-state index contributed by atoms with van der Waals surface area (Å²) in [4.78, 5) is 95.9. The number of fused-ring (bicyclic) bond motifs is 5. The molecular weight excluding hydrogens is 869 g/mol. The molecular formula is C43H46N16O8. The fourth-order valence-electron chi connectivity index (χ4n) is 6.90. The summed E-state index contributed by atoms with van der Waals surface area (Å²) in [6.07, 6.45) is 8.00.